The van der Waals surface area contributed by atoms with Gasteiger partial charge in [-0.25, -0.2) is 4.99 Å². The third kappa shape index (κ3) is 13.5. The molecule has 1 aliphatic heterocycles. The Labute approximate surface area is 195 Å². The third-order valence-electron chi connectivity index (χ3n) is 7.17. The Kier molecular flexibility index (Phi) is 18.3. The monoisotopic (exact) mass is 435 g/mol. The summed E-state index contributed by atoms with van der Waals surface area (Å²) in [6.07, 6.45) is 29.4. The number of nitrogens with zero attached hydrogens (tertiary/aromatic N) is 2. The Bertz CT molecular complexity index is 460. The van der Waals surface area contributed by atoms with E-state index in [9.17, 15) is 5.11 Å². The topological polar surface area (TPSA) is 32.6 Å². The summed E-state index contributed by atoms with van der Waals surface area (Å²) < 4.78 is 0.950. The standard InChI is InChI=1S/C28H55N2O/c1-3-5-6-7-8-9-10-11-12-13-14-15-16-17-18-19-20-21-22-23-28-29-24-25-30(28,4-2)26-27-31/h9-10,31H,3-8,11-27H2,1-2H3/q+1/b10-9+. The summed E-state index contributed by atoms with van der Waals surface area (Å²) in [6.45, 7) is 8.79. The smallest absolute Gasteiger partial charge is 0.198 e. The largest absolute Gasteiger partial charge is 0.390 e. The van der Waals surface area contributed by atoms with Gasteiger partial charge in [-0.1, -0.05) is 96.1 Å². The first-order valence-electron chi connectivity index (χ1n) is 13.9. The van der Waals surface area contributed by atoms with E-state index in [-0.39, 0.29) is 6.61 Å². The number of allylic oxidation sites excluding steroid dienone is 2. The molecule has 3 nitrogen and oxygen atoms in total. The third-order valence-corrected chi connectivity index (χ3v) is 7.17. The zero-order valence-corrected chi connectivity index (χ0v) is 21.3. The predicted molar refractivity (Wildman–Crippen MR) is 138 cm³/mol. The quantitative estimate of drug-likeness (QED) is 0.105. The van der Waals surface area contributed by atoms with Crippen molar-refractivity contribution in [2.24, 2.45) is 4.99 Å². The number of amidine groups is 1. The van der Waals surface area contributed by atoms with E-state index in [0.29, 0.717) is 0 Å². The van der Waals surface area contributed by atoms with E-state index in [1.165, 1.54) is 115 Å². The van der Waals surface area contributed by atoms with Crippen LogP contribution in [0.15, 0.2) is 17.1 Å². The fourth-order valence-electron chi connectivity index (χ4n) is 4.96. The number of aliphatic hydroxyl groups is 1. The number of hydrogen-bond donors (Lipinski definition) is 1. The van der Waals surface area contributed by atoms with Crippen LogP contribution in [0.5, 0.6) is 0 Å². The minimum Gasteiger partial charge on any atom is -0.390 e. The van der Waals surface area contributed by atoms with Crippen LogP contribution in [0.2, 0.25) is 0 Å². The van der Waals surface area contributed by atoms with Crippen LogP contribution in [0.3, 0.4) is 0 Å². The SMILES string of the molecule is CCCCCC/C=C/CCCCCCCCCCCCCC1=NCC[N+]1(CC)CCO. The van der Waals surface area contributed by atoms with Crippen LogP contribution in [-0.4, -0.2) is 48.2 Å². The van der Waals surface area contributed by atoms with Crippen LogP contribution in [0.4, 0.5) is 0 Å². The molecule has 0 aromatic carbocycles. The lowest BCUT2D eigenvalue weighted by atomic mass is 10.0. The zero-order chi connectivity index (χ0) is 22.5. The van der Waals surface area contributed by atoms with Gasteiger partial charge in [-0.3, -0.25) is 4.48 Å². The van der Waals surface area contributed by atoms with E-state index in [4.69, 9.17) is 4.99 Å². The van der Waals surface area contributed by atoms with Crippen molar-refractivity contribution >= 4 is 5.84 Å². The van der Waals surface area contributed by atoms with Crippen LogP contribution < -0.4 is 0 Å². The van der Waals surface area contributed by atoms with Crippen molar-refractivity contribution in [3.8, 4) is 0 Å². The lowest BCUT2D eigenvalue weighted by Gasteiger charge is -2.33. The fourth-order valence-corrected chi connectivity index (χ4v) is 4.96. The Morgan fingerprint density at radius 3 is 1.77 bits per heavy atom. The molecule has 0 radical (unpaired) electrons. The van der Waals surface area contributed by atoms with Crippen LogP contribution >= 0.6 is 0 Å². The molecule has 0 spiro atoms. The molecule has 3 heteroatoms. The number of quaternary nitrogens is 1. The van der Waals surface area contributed by atoms with Crippen molar-refractivity contribution < 1.29 is 9.59 Å². The highest BCUT2D eigenvalue weighted by Crippen LogP contribution is 2.20. The Balaban J connectivity index is 1.83. The number of rotatable bonds is 22. The van der Waals surface area contributed by atoms with Gasteiger partial charge in [-0.2, -0.15) is 0 Å². The summed E-state index contributed by atoms with van der Waals surface area (Å²) in [5.74, 6) is 1.36. The molecule has 182 valence electrons. The second kappa shape index (κ2) is 20.0. The van der Waals surface area contributed by atoms with Gasteiger partial charge >= 0.3 is 0 Å². The molecule has 0 saturated carbocycles. The van der Waals surface area contributed by atoms with E-state index in [1.807, 2.05) is 0 Å². The maximum Gasteiger partial charge on any atom is 0.198 e. The van der Waals surface area contributed by atoms with Gasteiger partial charge in [-0.05, 0) is 39.0 Å². The first-order chi connectivity index (χ1) is 15.3. The van der Waals surface area contributed by atoms with Crippen LogP contribution in [0, 0.1) is 0 Å². The summed E-state index contributed by atoms with van der Waals surface area (Å²) in [5, 5.41) is 9.40. The lowest BCUT2D eigenvalue weighted by molar-refractivity contribution is -0.835. The molecule has 0 aromatic heterocycles. The summed E-state index contributed by atoms with van der Waals surface area (Å²) in [7, 11) is 0. The van der Waals surface area contributed by atoms with E-state index in [0.717, 1.165) is 37.1 Å². The van der Waals surface area contributed by atoms with Gasteiger partial charge in [-0.15, -0.1) is 0 Å². The summed E-state index contributed by atoms with van der Waals surface area (Å²) >= 11 is 0. The van der Waals surface area contributed by atoms with Gasteiger partial charge in [0, 0.05) is 6.42 Å². The van der Waals surface area contributed by atoms with Gasteiger partial charge in [0.25, 0.3) is 0 Å². The Morgan fingerprint density at radius 1 is 0.742 bits per heavy atom. The molecule has 0 aromatic rings. The number of hydrogen-bond acceptors (Lipinski definition) is 2. The molecule has 1 atom stereocenters. The first-order valence-corrected chi connectivity index (χ1v) is 13.9. The molecule has 0 saturated heterocycles. The van der Waals surface area contributed by atoms with E-state index < -0.39 is 0 Å². The molecular weight excluding hydrogens is 380 g/mol. The molecule has 1 heterocycles. The van der Waals surface area contributed by atoms with Gasteiger partial charge in [0.05, 0.1) is 19.7 Å². The maximum absolute atomic E-state index is 9.40. The number of aliphatic imine (C=N–C) groups is 1. The van der Waals surface area contributed by atoms with Crippen LogP contribution in [0.25, 0.3) is 0 Å². The highest BCUT2D eigenvalue weighted by atomic mass is 16.3. The maximum atomic E-state index is 9.40. The van der Waals surface area contributed by atoms with Crippen molar-refractivity contribution in [3.05, 3.63) is 12.2 Å². The number of unbranched alkanes of at least 4 members (excludes halogenated alkanes) is 15. The van der Waals surface area contributed by atoms with Gasteiger partial charge in [0.1, 0.15) is 13.1 Å². The highest BCUT2D eigenvalue weighted by molar-refractivity contribution is 5.76. The average molecular weight is 436 g/mol. The molecule has 1 unspecified atom stereocenters. The highest BCUT2D eigenvalue weighted by Gasteiger charge is 2.35. The van der Waals surface area contributed by atoms with E-state index >= 15 is 0 Å². The molecule has 1 N–H and O–H groups in total. The molecule has 31 heavy (non-hydrogen) atoms. The average Bonchev–Trinajstić information content (AvgIpc) is 3.18. The Morgan fingerprint density at radius 2 is 1.26 bits per heavy atom. The van der Waals surface area contributed by atoms with Gasteiger partial charge < -0.3 is 5.11 Å². The summed E-state index contributed by atoms with van der Waals surface area (Å²) in [6, 6.07) is 0. The summed E-state index contributed by atoms with van der Waals surface area (Å²) in [5.41, 5.74) is 0. The van der Waals surface area contributed by atoms with Crippen molar-refractivity contribution in [3.63, 3.8) is 0 Å². The van der Waals surface area contributed by atoms with Crippen molar-refractivity contribution in [2.75, 3.05) is 32.8 Å². The van der Waals surface area contributed by atoms with Crippen molar-refractivity contribution in [1.82, 2.24) is 0 Å². The fraction of sp³-hybridized carbons (Fsp3) is 0.893. The second-order valence-electron chi connectivity index (χ2n) is 9.68. The normalized spacial score (nSPS) is 18.9. The zero-order valence-electron chi connectivity index (χ0n) is 21.3. The predicted octanol–water partition coefficient (Wildman–Crippen LogP) is 7.83. The molecule has 0 aliphatic carbocycles. The molecule has 0 amide bonds. The van der Waals surface area contributed by atoms with Crippen molar-refractivity contribution in [2.45, 2.75) is 129 Å². The van der Waals surface area contributed by atoms with Gasteiger partial charge in [0.15, 0.2) is 5.84 Å². The van der Waals surface area contributed by atoms with Gasteiger partial charge in [0.2, 0.25) is 0 Å². The number of likely N-dealkylation sites (N-methyl/N-ethyl adjacent to an activating group) is 1. The first kappa shape index (κ1) is 28.4. The van der Waals surface area contributed by atoms with E-state index in [2.05, 4.69) is 26.0 Å². The van der Waals surface area contributed by atoms with Crippen LogP contribution in [0.1, 0.15) is 129 Å². The molecule has 0 bridgehead atoms. The molecule has 1 rings (SSSR count). The minimum absolute atomic E-state index is 0.281. The second-order valence-corrected chi connectivity index (χ2v) is 9.68. The Hall–Kier alpha value is -0.670. The minimum atomic E-state index is 0.281. The van der Waals surface area contributed by atoms with Crippen LogP contribution in [-0.2, 0) is 0 Å². The molecule has 1 aliphatic rings. The molecule has 0 fully saturated rings. The van der Waals surface area contributed by atoms with E-state index in [1.54, 1.807) is 0 Å². The lowest BCUT2D eigenvalue weighted by Crippen LogP contribution is -2.52. The molecular formula is C28H55N2O+. The summed E-state index contributed by atoms with van der Waals surface area (Å²) in [4.78, 5) is 4.77. The number of aliphatic hydroxyl groups excluding tert-OH is 1. The van der Waals surface area contributed by atoms with Crippen molar-refractivity contribution in [1.29, 1.82) is 0 Å².